The van der Waals surface area contributed by atoms with Gasteiger partial charge in [-0.05, 0) is 72.7 Å². The molecule has 188 valence electrons. The Morgan fingerprint density at radius 1 is 0.973 bits per heavy atom. The van der Waals surface area contributed by atoms with Crippen LogP contribution in [0.1, 0.15) is 39.0 Å². The second-order valence-electron chi connectivity index (χ2n) is 13.0. The molecule has 7 aliphatic carbocycles. The molecule has 0 radical (unpaired) electrons. The quantitative estimate of drug-likeness (QED) is 0.363. The predicted octanol–water partition coefficient (Wildman–Crippen LogP) is 7.21. The summed E-state index contributed by atoms with van der Waals surface area (Å²) in [7, 11) is 0. The number of fused-ring (bicyclic) bond motifs is 10. The molecule has 2 fully saturated rings. The molecule has 0 N–H and O–H groups in total. The third kappa shape index (κ3) is 2.86. The van der Waals surface area contributed by atoms with Crippen LogP contribution in [0.3, 0.4) is 0 Å². The highest BCUT2D eigenvalue weighted by Gasteiger charge is 2.58. The first-order chi connectivity index (χ1) is 18.3. The molecule has 9 rings (SSSR count). The number of hydrogen-bond donors (Lipinski definition) is 0. The third-order valence-electron chi connectivity index (χ3n) is 11.4. The van der Waals surface area contributed by atoms with E-state index in [-0.39, 0.29) is 12.2 Å². The van der Waals surface area contributed by atoms with Crippen molar-refractivity contribution in [3.05, 3.63) is 107 Å². The van der Waals surface area contributed by atoms with Crippen LogP contribution < -0.4 is 0 Å². The molecule has 0 bridgehead atoms. The van der Waals surface area contributed by atoms with Gasteiger partial charge in [0, 0.05) is 47.0 Å². The van der Waals surface area contributed by atoms with Crippen molar-refractivity contribution in [2.45, 2.75) is 57.3 Å². The smallest absolute Gasteiger partial charge is 0.102 e. The molecule has 0 aromatic heterocycles. The molecule has 11 atom stereocenters. The van der Waals surface area contributed by atoms with Gasteiger partial charge in [-0.25, -0.2) is 0 Å². The molecule has 2 heterocycles. The van der Waals surface area contributed by atoms with E-state index in [1.54, 1.807) is 5.57 Å². The molecule has 0 spiro atoms. The highest BCUT2D eigenvalue weighted by atomic mass is 16.5. The van der Waals surface area contributed by atoms with Crippen molar-refractivity contribution in [3.63, 3.8) is 0 Å². The second kappa shape index (κ2) is 7.73. The summed E-state index contributed by atoms with van der Waals surface area (Å²) in [4.78, 5) is 2.83. The molecular formula is C35H37NO. The van der Waals surface area contributed by atoms with E-state index in [9.17, 15) is 0 Å². The molecule has 9 aliphatic rings. The van der Waals surface area contributed by atoms with E-state index in [1.807, 2.05) is 0 Å². The lowest BCUT2D eigenvalue weighted by Crippen LogP contribution is -2.41. The van der Waals surface area contributed by atoms with Crippen LogP contribution in [-0.2, 0) is 4.74 Å². The average molecular weight is 488 g/mol. The molecule has 0 amide bonds. The van der Waals surface area contributed by atoms with Crippen LogP contribution in [0.5, 0.6) is 0 Å². The Hall–Kier alpha value is -2.58. The number of hydrogen-bond acceptors (Lipinski definition) is 2. The Morgan fingerprint density at radius 2 is 1.92 bits per heavy atom. The summed E-state index contributed by atoms with van der Waals surface area (Å²) in [6.07, 6.45) is 38.3. The summed E-state index contributed by atoms with van der Waals surface area (Å²) in [6.45, 7) is 2.47. The number of rotatable bonds is 1. The van der Waals surface area contributed by atoms with E-state index in [2.05, 4.69) is 90.8 Å². The van der Waals surface area contributed by atoms with Gasteiger partial charge in [-0.3, -0.25) is 0 Å². The van der Waals surface area contributed by atoms with Gasteiger partial charge in [-0.1, -0.05) is 79.8 Å². The first kappa shape index (κ1) is 21.4. The van der Waals surface area contributed by atoms with Gasteiger partial charge in [-0.15, -0.1) is 0 Å². The summed E-state index contributed by atoms with van der Waals surface area (Å²) in [5.41, 5.74) is 7.74. The van der Waals surface area contributed by atoms with Gasteiger partial charge in [0.15, 0.2) is 0 Å². The van der Waals surface area contributed by atoms with Gasteiger partial charge in [0.25, 0.3) is 0 Å². The van der Waals surface area contributed by atoms with Gasteiger partial charge in [0.05, 0.1) is 6.10 Å². The van der Waals surface area contributed by atoms with Crippen molar-refractivity contribution in [3.8, 4) is 0 Å². The lowest BCUT2D eigenvalue weighted by Gasteiger charge is -2.41. The van der Waals surface area contributed by atoms with Gasteiger partial charge in [0.2, 0.25) is 0 Å². The molecule has 10 unspecified atom stereocenters. The molecule has 2 nitrogen and oxygen atoms in total. The fourth-order valence-corrected chi connectivity index (χ4v) is 9.86. The van der Waals surface area contributed by atoms with Crippen molar-refractivity contribution in [2.24, 2.45) is 47.3 Å². The molecule has 2 heteroatoms. The number of nitrogens with zero attached hydrogens (tertiary/aromatic N) is 1. The standard InChI is InChI=1S/C35H37NO/c1-20-13-15-29(35-32(20)27-17-22-8-2-3-9-23(22)19-31(27)37-35)36-28-16-14-21-7-4-5-11-25(21)33(28)34-26-12-6-10-24(26)18-30(34)36/h2,4-8,10-11,14-17,19-21,24-27,30-32,34-35H,3,9,12-13,18H2,1H3/t20?,21?,24?,25?,26?,27?,30?,31?,32?,34?,35-/m0/s1. The molecule has 1 saturated heterocycles. The van der Waals surface area contributed by atoms with Crippen LogP contribution in [0.25, 0.3) is 0 Å². The van der Waals surface area contributed by atoms with E-state index in [0.29, 0.717) is 41.5 Å². The Morgan fingerprint density at radius 3 is 2.89 bits per heavy atom. The Balaban J connectivity index is 1.14. The van der Waals surface area contributed by atoms with Crippen LogP contribution in [-0.4, -0.2) is 23.1 Å². The maximum absolute atomic E-state index is 7.10. The second-order valence-corrected chi connectivity index (χ2v) is 13.0. The normalized spacial score (nSPS) is 47.5. The van der Waals surface area contributed by atoms with Crippen LogP contribution in [0, 0.1) is 47.3 Å². The van der Waals surface area contributed by atoms with E-state index in [4.69, 9.17) is 4.74 Å². The van der Waals surface area contributed by atoms with E-state index in [0.717, 1.165) is 18.3 Å². The average Bonchev–Trinajstić information content (AvgIpc) is 3.67. The predicted molar refractivity (Wildman–Crippen MR) is 148 cm³/mol. The highest BCUT2D eigenvalue weighted by Crippen LogP contribution is 2.61. The molecule has 37 heavy (non-hydrogen) atoms. The zero-order chi connectivity index (χ0) is 24.2. The summed E-state index contributed by atoms with van der Waals surface area (Å²) in [6, 6.07) is 0.585. The van der Waals surface area contributed by atoms with E-state index in [1.165, 1.54) is 48.2 Å². The maximum Gasteiger partial charge on any atom is 0.102 e. The minimum Gasteiger partial charge on any atom is -0.364 e. The fourth-order valence-electron chi connectivity index (χ4n) is 9.86. The SMILES string of the molecule is CC1CC=C(N2C3=C(C4C=CC=CC4C=C3)C3C4CC=CC4CC32)[C@@H]2OC3C=C4CCC=CC4=CC3C12. The largest absolute Gasteiger partial charge is 0.364 e. The van der Waals surface area contributed by atoms with Crippen molar-refractivity contribution in [2.75, 3.05) is 0 Å². The summed E-state index contributed by atoms with van der Waals surface area (Å²) < 4.78 is 7.10. The minimum atomic E-state index is 0.202. The number of ether oxygens (including phenoxy) is 1. The van der Waals surface area contributed by atoms with Crippen molar-refractivity contribution < 1.29 is 4.74 Å². The van der Waals surface area contributed by atoms with E-state index < -0.39 is 0 Å². The summed E-state index contributed by atoms with van der Waals surface area (Å²) >= 11 is 0. The first-order valence-corrected chi connectivity index (χ1v) is 14.9. The van der Waals surface area contributed by atoms with Crippen LogP contribution >= 0.6 is 0 Å². The number of allylic oxidation sites excluding steroid dienone is 13. The molecule has 0 aromatic carbocycles. The highest BCUT2D eigenvalue weighted by molar-refractivity contribution is 5.50. The minimum absolute atomic E-state index is 0.202. The topological polar surface area (TPSA) is 12.5 Å². The Kier molecular flexibility index (Phi) is 4.46. The van der Waals surface area contributed by atoms with Crippen LogP contribution in [0.2, 0.25) is 0 Å². The lowest BCUT2D eigenvalue weighted by molar-refractivity contribution is 0.0449. The van der Waals surface area contributed by atoms with Crippen molar-refractivity contribution in [1.82, 2.24) is 4.90 Å². The van der Waals surface area contributed by atoms with Crippen molar-refractivity contribution >= 4 is 0 Å². The van der Waals surface area contributed by atoms with Gasteiger partial charge < -0.3 is 9.64 Å². The molecule has 2 aliphatic heterocycles. The summed E-state index contributed by atoms with van der Waals surface area (Å²) in [5.74, 6) is 4.95. The van der Waals surface area contributed by atoms with E-state index >= 15 is 0 Å². The maximum atomic E-state index is 7.10. The van der Waals surface area contributed by atoms with Gasteiger partial charge in [0.1, 0.15) is 6.10 Å². The van der Waals surface area contributed by atoms with Crippen LogP contribution in [0.15, 0.2) is 107 Å². The molecular weight excluding hydrogens is 450 g/mol. The molecule has 1 saturated carbocycles. The fraction of sp³-hybridized carbons (Fsp3) is 0.486. The Labute approximate surface area is 221 Å². The third-order valence-corrected chi connectivity index (χ3v) is 11.4. The van der Waals surface area contributed by atoms with Gasteiger partial charge >= 0.3 is 0 Å². The zero-order valence-corrected chi connectivity index (χ0v) is 21.7. The molecule has 0 aromatic rings. The monoisotopic (exact) mass is 487 g/mol. The van der Waals surface area contributed by atoms with Gasteiger partial charge in [-0.2, -0.15) is 0 Å². The van der Waals surface area contributed by atoms with Crippen molar-refractivity contribution in [1.29, 1.82) is 0 Å². The summed E-state index contributed by atoms with van der Waals surface area (Å²) in [5, 5.41) is 0. The lowest BCUT2D eigenvalue weighted by atomic mass is 9.70. The first-order valence-electron chi connectivity index (χ1n) is 14.9. The van der Waals surface area contributed by atoms with Crippen LogP contribution in [0.4, 0.5) is 0 Å². The zero-order valence-electron chi connectivity index (χ0n) is 21.7. The Bertz CT molecular complexity index is 1330.